The monoisotopic (exact) mass is 629 g/mol. The van der Waals surface area contributed by atoms with E-state index < -0.39 is 12.0 Å². The molecule has 7 nitrogen and oxygen atoms in total. The van der Waals surface area contributed by atoms with Crippen molar-refractivity contribution >= 4 is 23.5 Å². The Hall–Kier alpha value is -5.04. The maximum absolute atomic E-state index is 14.4. The molecule has 4 aromatic rings. The molecule has 0 bridgehead atoms. The lowest BCUT2D eigenvalue weighted by atomic mass is 9.93. The fraction of sp³-hybridized carbons (Fsp3) is 0.300. The highest BCUT2D eigenvalue weighted by molar-refractivity contribution is 5.96. The summed E-state index contributed by atoms with van der Waals surface area (Å²) in [5.41, 5.74) is 5.38. The number of hydrogen-bond acceptors (Lipinski definition) is 5. The number of amides is 2. The van der Waals surface area contributed by atoms with Crippen LogP contribution in [0.15, 0.2) is 115 Å². The highest BCUT2D eigenvalue weighted by Gasteiger charge is 2.42. The van der Waals surface area contributed by atoms with Crippen molar-refractivity contribution in [2.45, 2.75) is 64.1 Å². The van der Waals surface area contributed by atoms with Crippen LogP contribution in [-0.2, 0) is 38.7 Å². The predicted molar refractivity (Wildman–Crippen MR) is 184 cm³/mol. The fourth-order valence-electron chi connectivity index (χ4n) is 6.19. The van der Waals surface area contributed by atoms with Crippen molar-refractivity contribution < 1.29 is 19.1 Å². The molecule has 0 radical (unpaired) electrons. The van der Waals surface area contributed by atoms with Crippen LogP contribution in [0.1, 0.15) is 66.3 Å². The van der Waals surface area contributed by atoms with Crippen LogP contribution in [0.2, 0.25) is 0 Å². The first-order valence-corrected chi connectivity index (χ1v) is 16.4. The van der Waals surface area contributed by atoms with E-state index in [0.717, 1.165) is 27.8 Å². The van der Waals surface area contributed by atoms with Crippen molar-refractivity contribution in [1.29, 1.82) is 5.41 Å². The highest BCUT2D eigenvalue weighted by Crippen LogP contribution is 2.34. The number of carbonyl (C=O) groups is 3. The predicted octanol–water partition coefficient (Wildman–Crippen LogP) is 6.85. The van der Waals surface area contributed by atoms with Crippen molar-refractivity contribution in [1.82, 2.24) is 10.2 Å². The van der Waals surface area contributed by atoms with E-state index in [1.54, 1.807) is 11.8 Å². The molecule has 1 heterocycles. The molecule has 1 fully saturated rings. The Labute approximate surface area is 277 Å². The van der Waals surface area contributed by atoms with Gasteiger partial charge >= 0.3 is 5.97 Å². The molecule has 3 atom stereocenters. The highest BCUT2D eigenvalue weighted by atomic mass is 16.5. The lowest BCUT2D eigenvalue weighted by molar-refractivity contribution is -0.146. The van der Waals surface area contributed by atoms with Crippen LogP contribution in [0.3, 0.4) is 0 Å². The van der Waals surface area contributed by atoms with Gasteiger partial charge in [0.05, 0.1) is 0 Å². The van der Waals surface area contributed by atoms with Gasteiger partial charge in [-0.2, -0.15) is 0 Å². The Balaban J connectivity index is 1.30. The number of esters is 1. The van der Waals surface area contributed by atoms with Gasteiger partial charge in [-0.15, -0.1) is 0 Å². The molecule has 1 saturated heterocycles. The van der Waals surface area contributed by atoms with Crippen LogP contribution in [0.4, 0.5) is 0 Å². The van der Waals surface area contributed by atoms with Crippen LogP contribution in [0, 0.1) is 11.3 Å². The summed E-state index contributed by atoms with van der Waals surface area (Å²) in [4.78, 5) is 42.7. The van der Waals surface area contributed by atoms with E-state index in [4.69, 9.17) is 10.1 Å². The van der Waals surface area contributed by atoms with Crippen molar-refractivity contribution in [3.05, 3.63) is 143 Å². The minimum atomic E-state index is -0.625. The molecule has 1 aliphatic rings. The van der Waals surface area contributed by atoms with E-state index in [9.17, 15) is 14.4 Å². The molecule has 4 aromatic carbocycles. The molecular weight excluding hydrogens is 586 g/mol. The van der Waals surface area contributed by atoms with Crippen LogP contribution in [0.5, 0.6) is 0 Å². The van der Waals surface area contributed by atoms with Gasteiger partial charge in [0.1, 0.15) is 12.6 Å². The first kappa shape index (κ1) is 33.3. The van der Waals surface area contributed by atoms with Gasteiger partial charge < -0.3 is 20.4 Å². The Morgan fingerprint density at radius 2 is 1.43 bits per heavy atom. The van der Waals surface area contributed by atoms with E-state index in [-0.39, 0.29) is 36.7 Å². The molecule has 0 saturated carbocycles. The van der Waals surface area contributed by atoms with Gasteiger partial charge in [0.15, 0.2) is 0 Å². The molecular formula is C40H43N3O4. The van der Waals surface area contributed by atoms with Gasteiger partial charge in [0.2, 0.25) is 11.8 Å². The number of nitrogens with one attached hydrogen (secondary N) is 2. The van der Waals surface area contributed by atoms with Crippen molar-refractivity contribution in [2.24, 2.45) is 5.92 Å². The second-order valence-corrected chi connectivity index (χ2v) is 12.3. The number of nitrogens with zero attached hydrogens (tertiary/aromatic N) is 1. The lowest BCUT2D eigenvalue weighted by Crippen LogP contribution is -2.47. The molecule has 47 heavy (non-hydrogen) atoms. The first-order valence-electron chi connectivity index (χ1n) is 16.4. The number of carbonyl (C=O) groups excluding carboxylic acids is 3. The summed E-state index contributed by atoms with van der Waals surface area (Å²) in [5.74, 6) is -1.04. The largest absolute Gasteiger partial charge is 0.461 e. The smallest absolute Gasteiger partial charge is 0.306 e. The maximum atomic E-state index is 14.4. The average Bonchev–Trinajstić information content (AvgIpc) is 3.57. The Morgan fingerprint density at radius 1 is 0.809 bits per heavy atom. The first-order chi connectivity index (χ1) is 22.9. The minimum absolute atomic E-state index is 0.0244. The lowest BCUT2D eigenvalue weighted by Gasteiger charge is -2.28. The molecule has 0 unspecified atom stereocenters. The van der Waals surface area contributed by atoms with Gasteiger partial charge in [-0.25, -0.2) is 0 Å². The average molecular weight is 630 g/mol. The summed E-state index contributed by atoms with van der Waals surface area (Å²) in [6.07, 6.45) is 2.25. The zero-order chi connectivity index (χ0) is 33.0. The van der Waals surface area contributed by atoms with Crippen LogP contribution < -0.4 is 5.32 Å². The molecule has 2 amide bonds. The summed E-state index contributed by atoms with van der Waals surface area (Å²) in [6, 6.07) is 36.6. The Bertz CT molecular complexity index is 1620. The molecule has 0 aromatic heterocycles. The van der Waals surface area contributed by atoms with Gasteiger partial charge in [0.25, 0.3) is 0 Å². The number of rotatable bonds is 14. The summed E-state index contributed by atoms with van der Waals surface area (Å²) in [7, 11) is 0. The zero-order valence-corrected chi connectivity index (χ0v) is 26.9. The van der Waals surface area contributed by atoms with E-state index in [1.165, 1.54) is 0 Å². The quantitative estimate of drug-likeness (QED) is 0.118. The zero-order valence-electron chi connectivity index (χ0n) is 26.9. The number of likely N-dealkylation sites (tertiary alicyclic amines) is 1. The van der Waals surface area contributed by atoms with Gasteiger partial charge in [0, 0.05) is 37.1 Å². The summed E-state index contributed by atoms with van der Waals surface area (Å²) in [5, 5.41) is 10.9. The maximum Gasteiger partial charge on any atom is 0.306 e. The van der Waals surface area contributed by atoms with Gasteiger partial charge in [-0.05, 0) is 60.4 Å². The summed E-state index contributed by atoms with van der Waals surface area (Å²) >= 11 is 0. The van der Waals surface area contributed by atoms with Crippen molar-refractivity contribution in [2.75, 3.05) is 6.54 Å². The molecule has 7 heteroatoms. The van der Waals surface area contributed by atoms with Crippen LogP contribution in [0.25, 0.3) is 0 Å². The third-order valence-corrected chi connectivity index (χ3v) is 8.92. The van der Waals surface area contributed by atoms with Crippen LogP contribution in [-0.4, -0.2) is 41.0 Å². The molecule has 2 N–H and O–H groups in total. The number of hydrogen-bond donors (Lipinski definition) is 2. The summed E-state index contributed by atoms with van der Waals surface area (Å²) < 4.78 is 5.54. The van der Waals surface area contributed by atoms with Crippen molar-refractivity contribution in [3.63, 3.8) is 0 Å². The molecule has 242 valence electrons. The Morgan fingerprint density at radius 3 is 2.06 bits per heavy atom. The Kier molecular flexibility index (Phi) is 11.7. The topological polar surface area (TPSA) is 99.6 Å². The number of ether oxygens (including phenoxy) is 1. The second kappa shape index (κ2) is 16.5. The van der Waals surface area contributed by atoms with Gasteiger partial charge in [-0.3, -0.25) is 14.4 Å². The summed E-state index contributed by atoms with van der Waals surface area (Å²) in [6.45, 7) is 2.70. The molecule has 0 spiro atoms. The third kappa shape index (κ3) is 9.49. The van der Waals surface area contributed by atoms with E-state index in [1.807, 2.05) is 103 Å². The van der Waals surface area contributed by atoms with E-state index in [0.29, 0.717) is 44.5 Å². The molecule has 5 rings (SSSR count). The standard InChI is InChI=1S/C40H43N3O4/c1-29(41)33-20-18-31(19-21-33)26-42-39(45)37-25-36(34-15-9-4-10-16-34)27-43(37)40(46)35(22-17-30-11-5-2-6-12-30)23-24-38(44)47-28-32-13-7-3-8-14-32/h2-16,18-21,35-37,41H,17,22-28H2,1H3,(H,42,45)/t35-,36-,37-/m0/s1. The number of benzene rings is 4. The van der Waals surface area contributed by atoms with Crippen LogP contribution >= 0.6 is 0 Å². The fourth-order valence-corrected chi connectivity index (χ4v) is 6.19. The molecule has 1 aliphatic heterocycles. The third-order valence-electron chi connectivity index (χ3n) is 8.92. The second-order valence-electron chi connectivity index (χ2n) is 12.3. The van der Waals surface area contributed by atoms with E-state index in [2.05, 4.69) is 17.4 Å². The van der Waals surface area contributed by atoms with Crippen molar-refractivity contribution in [3.8, 4) is 0 Å². The minimum Gasteiger partial charge on any atom is -0.461 e. The van der Waals surface area contributed by atoms with E-state index >= 15 is 0 Å². The molecule has 0 aliphatic carbocycles. The number of aryl methyl sites for hydroxylation is 1. The van der Waals surface area contributed by atoms with Gasteiger partial charge in [-0.1, -0.05) is 115 Å². The normalized spacial score (nSPS) is 16.3. The SMILES string of the molecule is CC(=N)c1ccc(CNC(=O)[C@@H]2C[C@H](c3ccccc3)CN2C(=O)[C@H](CCC(=O)OCc2ccccc2)CCc2ccccc2)cc1.